The zero-order valence-electron chi connectivity index (χ0n) is 16.5. The second kappa shape index (κ2) is 9.37. The summed E-state index contributed by atoms with van der Waals surface area (Å²) in [6.45, 7) is 4.26. The molecule has 3 rings (SSSR count). The average Bonchev–Trinajstić information content (AvgIpc) is 2.72. The summed E-state index contributed by atoms with van der Waals surface area (Å²) in [6.07, 6.45) is 6.72. The molecule has 1 unspecified atom stereocenters. The third-order valence-electron chi connectivity index (χ3n) is 5.21. The lowest BCUT2D eigenvalue weighted by atomic mass is 9.83. The van der Waals surface area contributed by atoms with Crippen LogP contribution >= 0.6 is 0 Å². The van der Waals surface area contributed by atoms with E-state index in [2.05, 4.69) is 38.1 Å². The molecule has 1 aliphatic rings. The van der Waals surface area contributed by atoms with Crippen LogP contribution in [0.3, 0.4) is 0 Å². The Morgan fingerprint density at radius 1 is 1.25 bits per heavy atom. The number of nitrogens with zero attached hydrogens (tertiary/aromatic N) is 1. The molecule has 0 bridgehead atoms. The van der Waals surface area contributed by atoms with E-state index in [1.165, 1.54) is 11.6 Å². The van der Waals surface area contributed by atoms with Gasteiger partial charge in [-0.1, -0.05) is 43.7 Å². The number of benzene rings is 2. The van der Waals surface area contributed by atoms with E-state index in [0.29, 0.717) is 5.56 Å². The van der Waals surface area contributed by atoms with Gasteiger partial charge >= 0.3 is 0 Å². The molecule has 2 nitrogen and oxygen atoms in total. The van der Waals surface area contributed by atoms with Gasteiger partial charge in [0.1, 0.15) is 17.3 Å². The van der Waals surface area contributed by atoms with Crippen molar-refractivity contribution in [2.24, 2.45) is 0 Å². The smallest absolute Gasteiger partial charge is 0.130 e. The quantitative estimate of drug-likeness (QED) is 0.505. The Morgan fingerprint density at radius 2 is 2.04 bits per heavy atom. The second-order valence-electron chi connectivity index (χ2n) is 7.35. The summed E-state index contributed by atoms with van der Waals surface area (Å²) in [5.74, 6) is 1.65. The van der Waals surface area contributed by atoms with Gasteiger partial charge in [0.05, 0.1) is 11.6 Å². The highest BCUT2D eigenvalue weighted by molar-refractivity contribution is 5.60. The van der Waals surface area contributed by atoms with Gasteiger partial charge in [-0.15, -0.1) is 0 Å². The molecule has 0 saturated heterocycles. The molecule has 2 aromatic rings. The fourth-order valence-electron chi connectivity index (χ4n) is 3.59. The number of unbranched alkanes of at least 4 members (excludes halogenated alkanes) is 1. The minimum absolute atomic E-state index is 0.157. The number of rotatable bonds is 6. The largest absolute Gasteiger partial charge is 0.461 e. The molecule has 0 N–H and O–H groups in total. The van der Waals surface area contributed by atoms with Gasteiger partial charge < -0.3 is 4.74 Å². The van der Waals surface area contributed by atoms with Crippen LogP contribution in [0.5, 0.6) is 0 Å². The van der Waals surface area contributed by atoms with Crippen LogP contribution < -0.4 is 0 Å². The molecule has 0 heterocycles. The molecule has 1 aliphatic carbocycles. The first kappa shape index (κ1) is 19.9. The van der Waals surface area contributed by atoms with Crippen LogP contribution in [0, 0.1) is 17.1 Å². The molecule has 0 aliphatic heterocycles. The lowest BCUT2D eigenvalue weighted by molar-refractivity contribution is 0.324. The van der Waals surface area contributed by atoms with Crippen LogP contribution in [-0.4, -0.2) is 0 Å². The van der Waals surface area contributed by atoms with Crippen molar-refractivity contribution in [3.05, 3.63) is 88.4 Å². The summed E-state index contributed by atoms with van der Waals surface area (Å²) in [6, 6.07) is 16.8. The number of hydrogen-bond acceptors (Lipinski definition) is 2. The van der Waals surface area contributed by atoms with E-state index in [4.69, 9.17) is 10.00 Å². The van der Waals surface area contributed by atoms with Crippen molar-refractivity contribution in [3.8, 4) is 6.07 Å². The van der Waals surface area contributed by atoms with Gasteiger partial charge in [-0.3, -0.25) is 0 Å². The third kappa shape index (κ3) is 4.89. The molecule has 1 atom stereocenters. The fourth-order valence-corrected chi connectivity index (χ4v) is 3.59. The van der Waals surface area contributed by atoms with Gasteiger partial charge in [-0.2, -0.15) is 5.26 Å². The Labute approximate surface area is 167 Å². The number of allylic oxidation sites excluding steroid dienone is 3. The summed E-state index contributed by atoms with van der Waals surface area (Å²) < 4.78 is 20.3. The summed E-state index contributed by atoms with van der Waals surface area (Å²) in [5, 5.41) is 9.15. The molecular weight excluding hydrogens is 349 g/mol. The van der Waals surface area contributed by atoms with Crippen LogP contribution in [-0.2, 0) is 4.74 Å². The first-order valence-electron chi connectivity index (χ1n) is 9.93. The highest BCUT2D eigenvalue weighted by Gasteiger charge is 2.23. The maximum absolute atomic E-state index is 13.9. The van der Waals surface area contributed by atoms with Crippen molar-refractivity contribution in [1.29, 1.82) is 5.26 Å². The van der Waals surface area contributed by atoms with Gasteiger partial charge in [-0.25, -0.2) is 4.39 Å². The highest BCUT2D eigenvalue weighted by Crippen LogP contribution is 2.39. The summed E-state index contributed by atoms with van der Waals surface area (Å²) in [5.41, 5.74) is 3.56. The van der Waals surface area contributed by atoms with E-state index in [1.54, 1.807) is 12.1 Å². The second-order valence-corrected chi connectivity index (χ2v) is 7.35. The lowest BCUT2D eigenvalue weighted by Crippen LogP contribution is -2.11. The zero-order chi connectivity index (χ0) is 19.9. The molecule has 0 radical (unpaired) electrons. The van der Waals surface area contributed by atoms with Crippen LogP contribution in [0.1, 0.15) is 68.6 Å². The molecule has 144 valence electrons. The van der Waals surface area contributed by atoms with Crippen LogP contribution in [0.4, 0.5) is 4.39 Å². The molecule has 28 heavy (non-hydrogen) atoms. The first-order valence-corrected chi connectivity index (χ1v) is 9.93. The Morgan fingerprint density at radius 3 is 2.75 bits per heavy atom. The SMILES string of the molecule is CCCC=C(OC1=C(C)CCC(c2cc(F)cc(C#N)c2)C1)c1ccccc1. The zero-order valence-corrected chi connectivity index (χ0v) is 16.5. The highest BCUT2D eigenvalue weighted by atomic mass is 19.1. The first-order chi connectivity index (χ1) is 13.6. The molecule has 0 saturated carbocycles. The Kier molecular flexibility index (Phi) is 6.66. The third-order valence-corrected chi connectivity index (χ3v) is 5.21. The monoisotopic (exact) mass is 375 g/mol. The molecule has 0 amide bonds. The Bertz CT molecular complexity index is 921. The topological polar surface area (TPSA) is 33.0 Å². The standard InChI is InChI=1S/C25H26FNO/c1-3-4-10-24(20-8-6-5-7-9-20)28-25-16-21(12-11-18(25)2)22-13-19(17-27)14-23(26)15-22/h5-10,13-15,21H,3-4,11-12,16H2,1-2H3. The molecule has 2 aromatic carbocycles. The van der Waals surface area contributed by atoms with Crippen molar-refractivity contribution in [1.82, 2.24) is 0 Å². The maximum Gasteiger partial charge on any atom is 0.130 e. The van der Waals surface area contributed by atoms with E-state index in [0.717, 1.165) is 54.7 Å². The van der Waals surface area contributed by atoms with Crippen LogP contribution in [0.25, 0.3) is 5.76 Å². The van der Waals surface area contributed by atoms with Crippen molar-refractivity contribution in [3.63, 3.8) is 0 Å². The minimum atomic E-state index is -0.351. The number of halogens is 1. The lowest BCUT2D eigenvalue weighted by Gasteiger charge is -2.27. The van der Waals surface area contributed by atoms with E-state index in [9.17, 15) is 4.39 Å². The fraction of sp³-hybridized carbons (Fsp3) is 0.320. The predicted octanol–water partition coefficient (Wildman–Crippen LogP) is 7.10. The number of nitriles is 1. The van der Waals surface area contributed by atoms with Crippen molar-refractivity contribution < 1.29 is 9.13 Å². The van der Waals surface area contributed by atoms with E-state index < -0.39 is 0 Å². The van der Waals surface area contributed by atoms with Gasteiger partial charge in [0.25, 0.3) is 0 Å². The number of ether oxygens (including phenoxy) is 1. The summed E-state index contributed by atoms with van der Waals surface area (Å²) >= 11 is 0. The Balaban J connectivity index is 1.85. The minimum Gasteiger partial charge on any atom is -0.461 e. The molecule has 3 heteroatoms. The van der Waals surface area contributed by atoms with Crippen molar-refractivity contribution in [2.75, 3.05) is 0 Å². The van der Waals surface area contributed by atoms with E-state index in [1.807, 2.05) is 18.2 Å². The van der Waals surface area contributed by atoms with E-state index >= 15 is 0 Å². The molecule has 0 fully saturated rings. The van der Waals surface area contributed by atoms with Crippen molar-refractivity contribution >= 4 is 5.76 Å². The van der Waals surface area contributed by atoms with Crippen LogP contribution in [0.15, 0.2) is 65.9 Å². The molecule has 0 spiro atoms. The van der Waals surface area contributed by atoms with Gasteiger partial charge in [0.15, 0.2) is 0 Å². The van der Waals surface area contributed by atoms with Crippen molar-refractivity contribution in [2.45, 2.75) is 51.9 Å². The van der Waals surface area contributed by atoms with E-state index in [-0.39, 0.29) is 11.7 Å². The van der Waals surface area contributed by atoms with Gasteiger partial charge in [0, 0.05) is 12.0 Å². The Hall–Kier alpha value is -2.86. The normalized spacial score (nSPS) is 17.4. The average molecular weight is 375 g/mol. The van der Waals surface area contributed by atoms with Gasteiger partial charge in [-0.05, 0) is 67.5 Å². The summed E-state index contributed by atoms with van der Waals surface area (Å²) in [7, 11) is 0. The maximum atomic E-state index is 13.9. The number of hydrogen-bond donors (Lipinski definition) is 0. The molecule has 0 aromatic heterocycles. The summed E-state index contributed by atoms with van der Waals surface area (Å²) in [4.78, 5) is 0. The van der Waals surface area contributed by atoms with Gasteiger partial charge in [0.2, 0.25) is 0 Å². The predicted molar refractivity (Wildman–Crippen MR) is 111 cm³/mol. The van der Waals surface area contributed by atoms with Crippen LogP contribution in [0.2, 0.25) is 0 Å². The molecular formula is C25H26FNO.